The van der Waals surface area contributed by atoms with E-state index in [1.54, 1.807) is 0 Å². The van der Waals surface area contributed by atoms with Gasteiger partial charge in [0.2, 0.25) is 15.9 Å². The number of benzene rings is 1. The highest BCUT2D eigenvalue weighted by atomic mass is 32.2. The lowest BCUT2D eigenvalue weighted by molar-refractivity contribution is -0.122. The van der Waals surface area contributed by atoms with Crippen LogP contribution in [0, 0.1) is 0 Å². The Morgan fingerprint density at radius 3 is 2.59 bits per heavy atom. The summed E-state index contributed by atoms with van der Waals surface area (Å²) in [4.78, 5) is 23.1. The van der Waals surface area contributed by atoms with Crippen molar-refractivity contribution in [1.29, 1.82) is 0 Å². The third kappa shape index (κ3) is 3.62. The second-order valence-electron chi connectivity index (χ2n) is 4.76. The van der Waals surface area contributed by atoms with E-state index < -0.39 is 10.0 Å². The second kappa shape index (κ2) is 6.86. The van der Waals surface area contributed by atoms with E-state index in [2.05, 4.69) is 10.6 Å². The van der Waals surface area contributed by atoms with Crippen LogP contribution in [0.25, 0.3) is 0 Å². The molecule has 1 fully saturated rings. The molecule has 0 radical (unpaired) electrons. The number of hydrogen-bond acceptors (Lipinski definition) is 5. The van der Waals surface area contributed by atoms with Crippen LogP contribution in [0.4, 0.5) is 0 Å². The first kappa shape index (κ1) is 16.4. The smallest absolute Gasteiger partial charge is 0.251 e. The van der Waals surface area contributed by atoms with Gasteiger partial charge in [0.15, 0.2) is 0 Å². The van der Waals surface area contributed by atoms with Gasteiger partial charge >= 0.3 is 0 Å². The monoisotopic (exact) mass is 326 g/mol. The van der Waals surface area contributed by atoms with Crippen molar-refractivity contribution in [2.24, 2.45) is 5.73 Å². The summed E-state index contributed by atoms with van der Waals surface area (Å²) in [5.74, 6) is -0.639. The summed E-state index contributed by atoms with van der Waals surface area (Å²) < 4.78 is 25.9. The van der Waals surface area contributed by atoms with E-state index in [-0.39, 0.29) is 36.3 Å². The van der Waals surface area contributed by atoms with Crippen LogP contribution in [0.1, 0.15) is 10.4 Å². The molecule has 22 heavy (non-hydrogen) atoms. The predicted octanol–water partition coefficient (Wildman–Crippen LogP) is -1.50. The number of nitrogens with one attached hydrogen (secondary N) is 2. The molecular formula is C13H18N4O4S. The standard InChI is InChI=1S/C13H18N4O4S/c14-5-6-16-13(19)10-1-3-11(4-2-10)22(20,21)17-8-7-15-12(18)9-17/h1-4H,5-9,14H2,(H,15,18)(H,16,19). The van der Waals surface area contributed by atoms with Gasteiger partial charge in [-0.1, -0.05) is 0 Å². The zero-order valence-electron chi connectivity index (χ0n) is 11.9. The van der Waals surface area contributed by atoms with Crippen LogP contribution in [0.15, 0.2) is 29.2 Å². The number of nitrogens with two attached hydrogens (primary N) is 1. The molecule has 4 N–H and O–H groups in total. The first-order valence-corrected chi connectivity index (χ1v) is 8.24. The zero-order chi connectivity index (χ0) is 16.2. The Morgan fingerprint density at radius 2 is 2.00 bits per heavy atom. The number of carbonyl (C=O) groups is 2. The van der Waals surface area contributed by atoms with Crippen molar-refractivity contribution in [3.05, 3.63) is 29.8 Å². The van der Waals surface area contributed by atoms with Crippen LogP contribution < -0.4 is 16.4 Å². The zero-order valence-corrected chi connectivity index (χ0v) is 12.7. The van der Waals surface area contributed by atoms with Crippen LogP contribution in [0.5, 0.6) is 0 Å². The molecule has 2 amide bonds. The van der Waals surface area contributed by atoms with E-state index in [9.17, 15) is 18.0 Å². The van der Waals surface area contributed by atoms with Crippen LogP contribution in [-0.4, -0.2) is 57.3 Å². The number of amides is 2. The first-order chi connectivity index (χ1) is 10.4. The lowest BCUT2D eigenvalue weighted by atomic mass is 10.2. The van der Waals surface area contributed by atoms with Crippen LogP contribution in [0.3, 0.4) is 0 Å². The van der Waals surface area contributed by atoms with Gasteiger partial charge < -0.3 is 16.4 Å². The summed E-state index contributed by atoms with van der Waals surface area (Å²) >= 11 is 0. The second-order valence-corrected chi connectivity index (χ2v) is 6.70. The van der Waals surface area contributed by atoms with Gasteiger partial charge in [0.1, 0.15) is 0 Å². The minimum absolute atomic E-state index is 0.0533. The fraction of sp³-hybridized carbons (Fsp3) is 0.385. The Morgan fingerprint density at radius 1 is 1.32 bits per heavy atom. The van der Waals surface area contributed by atoms with Crippen molar-refractivity contribution in [2.45, 2.75) is 4.90 Å². The van der Waals surface area contributed by atoms with Crippen molar-refractivity contribution < 1.29 is 18.0 Å². The number of rotatable bonds is 5. The van der Waals surface area contributed by atoms with Crippen molar-refractivity contribution in [3.63, 3.8) is 0 Å². The van der Waals surface area contributed by atoms with Crippen LogP contribution >= 0.6 is 0 Å². The fourth-order valence-corrected chi connectivity index (χ4v) is 3.43. The van der Waals surface area contributed by atoms with Crippen molar-refractivity contribution >= 4 is 21.8 Å². The van der Waals surface area contributed by atoms with Gasteiger partial charge in [-0.3, -0.25) is 9.59 Å². The molecular weight excluding hydrogens is 308 g/mol. The Bertz CT molecular complexity index is 657. The Hall–Kier alpha value is -1.97. The van der Waals surface area contributed by atoms with Gasteiger partial charge in [-0.25, -0.2) is 8.42 Å². The normalized spacial score (nSPS) is 16.1. The molecule has 2 rings (SSSR count). The van der Waals surface area contributed by atoms with Crippen molar-refractivity contribution in [1.82, 2.24) is 14.9 Å². The fourth-order valence-electron chi connectivity index (χ4n) is 2.04. The molecule has 0 atom stereocenters. The number of hydrogen-bond donors (Lipinski definition) is 3. The molecule has 120 valence electrons. The quantitative estimate of drug-likeness (QED) is 0.608. The lowest BCUT2D eigenvalue weighted by Gasteiger charge is -2.25. The Kier molecular flexibility index (Phi) is 5.11. The van der Waals surface area contributed by atoms with E-state index >= 15 is 0 Å². The lowest BCUT2D eigenvalue weighted by Crippen LogP contribution is -2.49. The molecule has 9 heteroatoms. The van der Waals surface area contributed by atoms with E-state index in [1.807, 2.05) is 0 Å². The van der Waals surface area contributed by atoms with Gasteiger partial charge in [-0.15, -0.1) is 0 Å². The maximum absolute atomic E-state index is 12.4. The average Bonchev–Trinajstić information content (AvgIpc) is 2.52. The Balaban J connectivity index is 2.15. The van der Waals surface area contributed by atoms with Crippen molar-refractivity contribution in [2.75, 3.05) is 32.7 Å². The van der Waals surface area contributed by atoms with Gasteiger partial charge in [0.05, 0.1) is 11.4 Å². The first-order valence-electron chi connectivity index (χ1n) is 6.80. The van der Waals surface area contributed by atoms with Gasteiger partial charge in [-0.2, -0.15) is 4.31 Å². The summed E-state index contributed by atoms with van der Waals surface area (Å²) in [6.45, 7) is 1.00. The highest BCUT2D eigenvalue weighted by molar-refractivity contribution is 7.89. The number of nitrogens with zero attached hydrogens (tertiary/aromatic N) is 1. The summed E-state index contributed by atoms with van der Waals surface area (Å²) in [6.07, 6.45) is 0. The molecule has 0 aromatic heterocycles. The highest BCUT2D eigenvalue weighted by Gasteiger charge is 2.29. The van der Waals surface area contributed by atoms with E-state index in [4.69, 9.17) is 5.73 Å². The minimum atomic E-state index is -3.73. The molecule has 1 aromatic rings. The minimum Gasteiger partial charge on any atom is -0.354 e. The largest absolute Gasteiger partial charge is 0.354 e. The molecule has 0 spiro atoms. The van der Waals surface area contributed by atoms with E-state index in [0.29, 0.717) is 18.7 Å². The summed E-state index contributed by atoms with van der Waals surface area (Å²) in [6, 6.07) is 5.59. The van der Waals surface area contributed by atoms with Gasteiger partial charge in [0.25, 0.3) is 5.91 Å². The molecule has 1 aromatic carbocycles. The summed E-state index contributed by atoms with van der Waals surface area (Å²) in [5, 5.41) is 5.17. The van der Waals surface area contributed by atoms with Crippen LogP contribution in [0.2, 0.25) is 0 Å². The Labute approximate surface area is 128 Å². The number of sulfonamides is 1. The molecule has 1 aliphatic rings. The third-order valence-corrected chi connectivity index (χ3v) is 5.05. The molecule has 1 saturated heterocycles. The molecule has 1 heterocycles. The maximum atomic E-state index is 12.4. The summed E-state index contributed by atoms with van der Waals surface area (Å²) in [5.41, 5.74) is 5.65. The number of piperazine rings is 1. The van der Waals surface area contributed by atoms with Crippen molar-refractivity contribution in [3.8, 4) is 0 Å². The van der Waals surface area contributed by atoms with Crippen LogP contribution in [-0.2, 0) is 14.8 Å². The number of carbonyl (C=O) groups excluding carboxylic acids is 2. The molecule has 0 unspecified atom stereocenters. The molecule has 1 aliphatic heterocycles. The highest BCUT2D eigenvalue weighted by Crippen LogP contribution is 2.17. The predicted molar refractivity (Wildman–Crippen MR) is 79.6 cm³/mol. The molecule has 8 nitrogen and oxygen atoms in total. The van der Waals surface area contributed by atoms with Gasteiger partial charge in [0, 0.05) is 31.7 Å². The SMILES string of the molecule is NCCNC(=O)c1ccc(S(=O)(=O)N2CCNC(=O)C2)cc1. The van der Waals surface area contributed by atoms with E-state index in [1.165, 1.54) is 24.3 Å². The topological polar surface area (TPSA) is 122 Å². The molecule has 0 aliphatic carbocycles. The maximum Gasteiger partial charge on any atom is 0.251 e. The van der Waals surface area contributed by atoms with Gasteiger partial charge in [-0.05, 0) is 24.3 Å². The summed E-state index contributed by atoms with van der Waals surface area (Å²) in [7, 11) is -3.73. The van der Waals surface area contributed by atoms with E-state index in [0.717, 1.165) is 4.31 Å². The molecule has 0 saturated carbocycles. The molecule has 0 bridgehead atoms. The average molecular weight is 326 g/mol. The third-order valence-electron chi connectivity index (χ3n) is 3.19.